The summed E-state index contributed by atoms with van der Waals surface area (Å²) in [5.74, 6) is 0.787. The van der Waals surface area contributed by atoms with Gasteiger partial charge >= 0.3 is 0 Å². The van der Waals surface area contributed by atoms with Crippen LogP contribution >= 0.6 is 11.6 Å². The highest BCUT2D eigenvalue weighted by Gasteiger charge is 2.33. The monoisotopic (exact) mass is 402 g/mol. The highest BCUT2D eigenvalue weighted by atomic mass is 35.5. The van der Waals surface area contributed by atoms with Gasteiger partial charge in [0.1, 0.15) is 0 Å². The van der Waals surface area contributed by atoms with Gasteiger partial charge in [0, 0.05) is 39.6 Å². The zero-order chi connectivity index (χ0) is 20.1. The minimum atomic E-state index is 0.0340. The number of benzene rings is 2. The third-order valence-electron chi connectivity index (χ3n) is 5.71. The maximum absolute atomic E-state index is 6.30. The number of anilines is 1. The second-order valence-electron chi connectivity index (χ2n) is 7.91. The summed E-state index contributed by atoms with van der Waals surface area (Å²) in [7, 11) is 0. The first-order chi connectivity index (χ1) is 14.0. The van der Waals surface area contributed by atoms with Gasteiger partial charge in [0.05, 0.1) is 6.04 Å². The average Bonchev–Trinajstić information content (AvgIpc) is 3.05. The van der Waals surface area contributed by atoms with Gasteiger partial charge in [-0.15, -0.1) is 0 Å². The van der Waals surface area contributed by atoms with Crippen LogP contribution in [0.2, 0.25) is 5.02 Å². The predicted molar refractivity (Wildman–Crippen MR) is 119 cm³/mol. The Hall–Kier alpha value is -2.85. The van der Waals surface area contributed by atoms with Crippen LogP contribution in [0.15, 0.2) is 48.5 Å². The summed E-state index contributed by atoms with van der Waals surface area (Å²) in [5, 5.41) is 1.98. The molecule has 146 valence electrons. The summed E-state index contributed by atoms with van der Waals surface area (Å²) in [6.45, 7) is 7.03. The normalized spacial score (nSPS) is 16.3. The molecule has 2 aromatic heterocycles. The Kier molecular flexibility index (Phi) is 4.32. The van der Waals surface area contributed by atoms with Crippen molar-refractivity contribution in [2.75, 3.05) is 11.4 Å². The van der Waals surface area contributed by atoms with Crippen molar-refractivity contribution in [3.63, 3.8) is 0 Å². The van der Waals surface area contributed by atoms with Crippen LogP contribution in [0.25, 0.3) is 10.9 Å². The van der Waals surface area contributed by atoms with Gasteiger partial charge in [0.2, 0.25) is 5.95 Å². The van der Waals surface area contributed by atoms with Crippen LogP contribution < -0.4 is 4.90 Å². The molecule has 0 spiro atoms. The van der Waals surface area contributed by atoms with Crippen LogP contribution in [0.3, 0.4) is 0 Å². The third kappa shape index (κ3) is 3.18. The zero-order valence-electron chi connectivity index (χ0n) is 16.8. The molecule has 4 aromatic rings. The van der Waals surface area contributed by atoms with E-state index in [-0.39, 0.29) is 6.04 Å². The highest BCUT2D eigenvalue weighted by Crippen LogP contribution is 2.40. The van der Waals surface area contributed by atoms with Crippen LogP contribution in [0.5, 0.6) is 0 Å². The predicted octanol–water partition coefficient (Wildman–Crippen LogP) is 5.69. The third-order valence-corrected chi connectivity index (χ3v) is 5.94. The van der Waals surface area contributed by atoms with E-state index in [0.29, 0.717) is 0 Å². The van der Waals surface area contributed by atoms with E-state index in [9.17, 15) is 0 Å². The summed E-state index contributed by atoms with van der Waals surface area (Å²) >= 11 is 6.30. The van der Waals surface area contributed by atoms with E-state index in [1.54, 1.807) is 0 Å². The molecule has 4 nitrogen and oxygen atoms in total. The molecule has 2 aromatic carbocycles. The maximum atomic E-state index is 6.30. The maximum Gasteiger partial charge on any atom is 0.226 e. The number of hydrogen-bond acceptors (Lipinski definition) is 3. The van der Waals surface area contributed by atoms with Gasteiger partial charge in [0.15, 0.2) is 0 Å². The topological polar surface area (TPSA) is 44.8 Å². The Bertz CT molecular complexity index is 1190. The summed E-state index contributed by atoms with van der Waals surface area (Å²) in [4.78, 5) is 15.5. The molecule has 0 bridgehead atoms. The fourth-order valence-corrected chi connectivity index (χ4v) is 4.58. The lowest BCUT2D eigenvalue weighted by molar-refractivity contribution is 0.624. The Morgan fingerprint density at radius 3 is 2.41 bits per heavy atom. The van der Waals surface area contributed by atoms with E-state index in [0.717, 1.165) is 40.8 Å². The van der Waals surface area contributed by atoms with E-state index in [1.165, 1.54) is 27.8 Å². The molecule has 0 aliphatic carbocycles. The van der Waals surface area contributed by atoms with Crippen molar-refractivity contribution in [1.82, 2.24) is 15.0 Å². The second kappa shape index (κ2) is 6.89. The van der Waals surface area contributed by atoms with Crippen LogP contribution in [-0.2, 0) is 6.42 Å². The number of fused-ring (bicyclic) bond motifs is 3. The van der Waals surface area contributed by atoms with Crippen molar-refractivity contribution < 1.29 is 0 Å². The first kappa shape index (κ1) is 18.2. The number of aromatic nitrogens is 3. The number of aryl methyl sites for hydroxylation is 3. The van der Waals surface area contributed by atoms with Crippen molar-refractivity contribution in [3.05, 3.63) is 87.3 Å². The molecule has 0 amide bonds. The first-order valence-electron chi connectivity index (χ1n) is 9.95. The Morgan fingerprint density at radius 1 is 0.966 bits per heavy atom. The molecular weight excluding hydrogens is 380 g/mol. The van der Waals surface area contributed by atoms with Crippen molar-refractivity contribution in [2.45, 2.75) is 33.2 Å². The van der Waals surface area contributed by atoms with Gasteiger partial charge in [-0.25, -0.2) is 9.97 Å². The van der Waals surface area contributed by atoms with Crippen molar-refractivity contribution in [3.8, 4) is 0 Å². The fourth-order valence-electron chi connectivity index (χ4n) is 4.41. The van der Waals surface area contributed by atoms with E-state index < -0.39 is 0 Å². The van der Waals surface area contributed by atoms with Crippen molar-refractivity contribution >= 4 is 28.5 Å². The number of halogens is 1. The molecule has 0 saturated carbocycles. The molecule has 3 heterocycles. The molecule has 1 unspecified atom stereocenters. The van der Waals surface area contributed by atoms with E-state index in [1.807, 2.05) is 26.0 Å². The van der Waals surface area contributed by atoms with Gasteiger partial charge in [-0.1, -0.05) is 41.4 Å². The Labute approximate surface area is 175 Å². The number of nitrogens with zero attached hydrogens (tertiary/aromatic N) is 3. The van der Waals surface area contributed by atoms with Crippen LogP contribution in [0.4, 0.5) is 5.95 Å². The van der Waals surface area contributed by atoms with Crippen molar-refractivity contribution in [2.24, 2.45) is 0 Å². The van der Waals surface area contributed by atoms with Crippen LogP contribution in [0.1, 0.15) is 39.8 Å². The second-order valence-corrected chi connectivity index (χ2v) is 8.35. The summed E-state index contributed by atoms with van der Waals surface area (Å²) in [6, 6.07) is 16.9. The lowest BCUT2D eigenvalue weighted by Crippen LogP contribution is -2.37. The van der Waals surface area contributed by atoms with Gasteiger partial charge in [-0.3, -0.25) is 0 Å². The Balaban J connectivity index is 1.72. The van der Waals surface area contributed by atoms with Crippen LogP contribution in [-0.4, -0.2) is 21.5 Å². The lowest BCUT2D eigenvalue weighted by Gasteiger charge is -2.36. The SMILES string of the molecule is Cc1ccc(C2c3[nH]c4ccc(Cl)cc4c3CCN2c2nc(C)cc(C)n2)cc1. The Morgan fingerprint density at radius 2 is 1.69 bits per heavy atom. The molecule has 1 aliphatic heterocycles. The number of H-pyrrole nitrogens is 1. The highest BCUT2D eigenvalue weighted by molar-refractivity contribution is 6.31. The standard InChI is InChI=1S/C24H23ClN4/c1-14-4-6-17(7-5-14)23-22-19(20-13-18(25)8-9-21(20)28-22)10-11-29(23)24-26-15(2)12-16(3)27-24/h4-9,12-13,23,28H,10-11H2,1-3H3. The number of nitrogens with one attached hydrogen (secondary N) is 1. The first-order valence-corrected chi connectivity index (χ1v) is 10.3. The molecule has 0 fully saturated rings. The average molecular weight is 403 g/mol. The quantitative estimate of drug-likeness (QED) is 0.468. The molecule has 0 saturated heterocycles. The van der Waals surface area contributed by atoms with Crippen LogP contribution in [0, 0.1) is 20.8 Å². The smallest absolute Gasteiger partial charge is 0.226 e. The fraction of sp³-hybridized carbons (Fsp3) is 0.250. The molecule has 1 N–H and O–H groups in total. The zero-order valence-corrected chi connectivity index (χ0v) is 17.6. The number of aromatic amines is 1. The lowest BCUT2D eigenvalue weighted by atomic mass is 9.92. The summed E-state index contributed by atoms with van der Waals surface area (Å²) < 4.78 is 0. The molecule has 1 atom stereocenters. The molecule has 1 aliphatic rings. The molecule has 5 heteroatoms. The van der Waals surface area contributed by atoms with Crippen molar-refractivity contribution in [1.29, 1.82) is 0 Å². The van der Waals surface area contributed by atoms with Gasteiger partial charge in [-0.2, -0.15) is 0 Å². The van der Waals surface area contributed by atoms with Gasteiger partial charge < -0.3 is 9.88 Å². The minimum Gasteiger partial charge on any atom is -0.356 e. The van der Waals surface area contributed by atoms with E-state index in [2.05, 4.69) is 53.2 Å². The molecule has 5 rings (SSSR count). The molecule has 0 radical (unpaired) electrons. The number of hydrogen-bond donors (Lipinski definition) is 1. The van der Waals surface area contributed by atoms with Gasteiger partial charge in [0.25, 0.3) is 0 Å². The van der Waals surface area contributed by atoms with Gasteiger partial charge in [-0.05, 0) is 62.6 Å². The molecular formula is C24H23ClN4. The summed E-state index contributed by atoms with van der Waals surface area (Å²) in [6.07, 6.45) is 0.925. The van der Waals surface area contributed by atoms with E-state index in [4.69, 9.17) is 21.6 Å². The number of rotatable bonds is 2. The summed E-state index contributed by atoms with van der Waals surface area (Å²) in [5.41, 5.74) is 8.14. The molecule has 29 heavy (non-hydrogen) atoms. The minimum absolute atomic E-state index is 0.0340. The van der Waals surface area contributed by atoms with E-state index >= 15 is 0 Å². The largest absolute Gasteiger partial charge is 0.356 e.